The Morgan fingerprint density at radius 3 is 2.57 bits per heavy atom. The number of piperazine rings is 1. The van der Waals surface area contributed by atoms with E-state index < -0.39 is 5.76 Å². The molecular formula is C22H23N3O5. The smallest absolute Gasteiger partial charge is 0.419 e. The molecule has 156 valence electrons. The number of ether oxygens (including phenoxy) is 2. The third-order valence-corrected chi connectivity index (χ3v) is 5.79. The maximum absolute atomic E-state index is 12.7. The minimum atomic E-state index is -0.423. The van der Waals surface area contributed by atoms with Gasteiger partial charge in [0.25, 0.3) is 0 Å². The molecule has 3 heterocycles. The summed E-state index contributed by atoms with van der Waals surface area (Å²) in [4.78, 5) is 28.9. The molecule has 0 saturated carbocycles. The second-order valence-electron chi connectivity index (χ2n) is 7.77. The van der Waals surface area contributed by atoms with E-state index in [-0.39, 0.29) is 12.6 Å². The standard InChI is InChI=1S/C22H23N3O5/c1-23-17-4-3-16(11-20(17)30-22(23)27)18(26)13-25-8-6-24(7-9-25)12-15-2-5-19-21(10-15)29-14-28-19/h2-5,10-11H,6-9,12-14H2,1H3. The monoisotopic (exact) mass is 409 g/mol. The van der Waals surface area contributed by atoms with Crippen molar-refractivity contribution in [1.82, 2.24) is 14.4 Å². The summed E-state index contributed by atoms with van der Waals surface area (Å²) >= 11 is 0. The topological polar surface area (TPSA) is 77.2 Å². The highest BCUT2D eigenvalue weighted by molar-refractivity contribution is 5.99. The van der Waals surface area contributed by atoms with Gasteiger partial charge < -0.3 is 13.9 Å². The van der Waals surface area contributed by atoms with Crippen LogP contribution in [0.3, 0.4) is 0 Å². The van der Waals surface area contributed by atoms with Crippen molar-refractivity contribution < 1.29 is 18.7 Å². The first kappa shape index (κ1) is 18.9. The summed E-state index contributed by atoms with van der Waals surface area (Å²) < 4.78 is 17.4. The Balaban J connectivity index is 1.17. The quantitative estimate of drug-likeness (QED) is 0.596. The Morgan fingerprint density at radius 1 is 0.967 bits per heavy atom. The SMILES string of the molecule is Cn1c(=O)oc2cc(C(=O)CN3CCN(Cc4ccc5c(c4)OCO5)CC3)ccc21. The van der Waals surface area contributed by atoms with E-state index in [1.165, 1.54) is 10.1 Å². The summed E-state index contributed by atoms with van der Waals surface area (Å²) in [5.41, 5.74) is 2.90. The van der Waals surface area contributed by atoms with Gasteiger partial charge >= 0.3 is 5.76 Å². The Labute approximate surface area is 173 Å². The molecule has 5 rings (SSSR count). The fourth-order valence-corrected chi connectivity index (χ4v) is 4.00. The van der Waals surface area contributed by atoms with Gasteiger partial charge in [0.15, 0.2) is 22.9 Å². The van der Waals surface area contributed by atoms with E-state index in [9.17, 15) is 9.59 Å². The molecular weight excluding hydrogens is 386 g/mol. The predicted molar refractivity (Wildman–Crippen MR) is 110 cm³/mol. The highest BCUT2D eigenvalue weighted by atomic mass is 16.7. The molecule has 0 spiro atoms. The molecule has 1 saturated heterocycles. The van der Waals surface area contributed by atoms with Crippen molar-refractivity contribution in [2.75, 3.05) is 39.5 Å². The van der Waals surface area contributed by atoms with Crippen molar-refractivity contribution in [3.8, 4) is 11.5 Å². The number of aromatic nitrogens is 1. The van der Waals surface area contributed by atoms with Crippen molar-refractivity contribution in [1.29, 1.82) is 0 Å². The largest absolute Gasteiger partial charge is 0.454 e. The minimum absolute atomic E-state index is 0.0348. The van der Waals surface area contributed by atoms with Crippen LogP contribution in [0, 0.1) is 0 Å². The molecule has 0 radical (unpaired) electrons. The number of hydrogen-bond acceptors (Lipinski definition) is 7. The Morgan fingerprint density at radius 2 is 1.73 bits per heavy atom. The van der Waals surface area contributed by atoms with Crippen LogP contribution in [0.5, 0.6) is 11.5 Å². The summed E-state index contributed by atoms with van der Waals surface area (Å²) in [5.74, 6) is 1.22. The number of benzene rings is 2. The first-order chi connectivity index (χ1) is 14.6. The van der Waals surface area contributed by atoms with Crippen molar-refractivity contribution in [2.45, 2.75) is 6.54 Å². The molecule has 8 heteroatoms. The number of nitrogens with zero attached hydrogens (tertiary/aromatic N) is 3. The van der Waals surface area contributed by atoms with Crippen LogP contribution in [0.4, 0.5) is 0 Å². The zero-order valence-electron chi connectivity index (χ0n) is 16.8. The zero-order chi connectivity index (χ0) is 20.7. The van der Waals surface area contributed by atoms with Gasteiger partial charge in [-0.3, -0.25) is 19.2 Å². The van der Waals surface area contributed by atoms with Crippen molar-refractivity contribution in [2.24, 2.45) is 7.05 Å². The molecule has 1 aromatic heterocycles. The molecule has 2 aromatic carbocycles. The number of fused-ring (bicyclic) bond motifs is 2. The Bertz CT molecular complexity index is 1160. The van der Waals surface area contributed by atoms with Crippen LogP contribution in [0.25, 0.3) is 11.1 Å². The number of oxazole rings is 1. The normalized spacial score (nSPS) is 17.0. The van der Waals surface area contributed by atoms with Gasteiger partial charge in [-0.2, -0.15) is 0 Å². The predicted octanol–water partition coefficient (Wildman–Crippen LogP) is 1.86. The molecule has 0 aliphatic carbocycles. The van der Waals surface area contributed by atoms with E-state index in [4.69, 9.17) is 13.9 Å². The minimum Gasteiger partial charge on any atom is -0.454 e. The molecule has 0 unspecified atom stereocenters. The van der Waals surface area contributed by atoms with Gasteiger partial charge in [0, 0.05) is 45.3 Å². The van der Waals surface area contributed by atoms with Crippen LogP contribution in [0.2, 0.25) is 0 Å². The fourth-order valence-electron chi connectivity index (χ4n) is 4.00. The van der Waals surface area contributed by atoms with Gasteiger partial charge in [-0.1, -0.05) is 6.07 Å². The number of Topliss-reactive ketones (excluding diaryl/α,β-unsaturated/α-hetero) is 1. The Kier molecular flexibility index (Phi) is 4.80. The third kappa shape index (κ3) is 3.59. The maximum atomic E-state index is 12.7. The second-order valence-corrected chi connectivity index (χ2v) is 7.77. The molecule has 8 nitrogen and oxygen atoms in total. The highest BCUT2D eigenvalue weighted by Crippen LogP contribution is 2.32. The molecule has 2 aliphatic heterocycles. The first-order valence-electron chi connectivity index (χ1n) is 10.0. The molecule has 1 fully saturated rings. The lowest BCUT2D eigenvalue weighted by molar-refractivity contribution is 0.0843. The summed E-state index contributed by atoms with van der Waals surface area (Å²) in [7, 11) is 1.65. The average Bonchev–Trinajstić information content (AvgIpc) is 3.33. The summed E-state index contributed by atoms with van der Waals surface area (Å²) in [6.45, 7) is 4.96. The lowest BCUT2D eigenvalue weighted by atomic mass is 10.1. The summed E-state index contributed by atoms with van der Waals surface area (Å²) in [6, 6.07) is 11.2. The fraction of sp³-hybridized carbons (Fsp3) is 0.364. The molecule has 30 heavy (non-hydrogen) atoms. The van der Waals surface area contributed by atoms with Crippen LogP contribution in [-0.2, 0) is 13.6 Å². The average molecular weight is 409 g/mol. The maximum Gasteiger partial charge on any atom is 0.419 e. The van der Waals surface area contributed by atoms with Gasteiger partial charge in [-0.25, -0.2) is 4.79 Å². The van der Waals surface area contributed by atoms with E-state index in [1.807, 2.05) is 12.1 Å². The van der Waals surface area contributed by atoms with E-state index in [0.717, 1.165) is 44.2 Å². The van der Waals surface area contributed by atoms with Gasteiger partial charge in [0.05, 0.1) is 12.1 Å². The van der Waals surface area contributed by atoms with Crippen molar-refractivity contribution >= 4 is 16.9 Å². The number of carbonyl (C=O) groups excluding carboxylic acids is 1. The van der Waals surface area contributed by atoms with E-state index >= 15 is 0 Å². The van der Waals surface area contributed by atoms with Crippen molar-refractivity contribution in [3.05, 3.63) is 58.1 Å². The molecule has 0 amide bonds. The number of aryl methyl sites for hydroxylation is 1. The highest BCUT2D eigenvalue weighted by Gasteiger charge is 2.21. The number of rotatable bonds is 5. The molecule has 0 N–H and O–H groups in total. The van der Waals surface area contributed by atoms with Crippen LogP contribution in [-0.4, -0.2) is 59.7 Å². The van der Waals surface area contributed by atoms with Gasteiger partial charge in [-0.15, -0.1) is 0 Å². The molecule has 0 atom stereocenters. The molecule has 2 aliphatic rings. The van der Waals surface area contributed by atoms with Crippen LogP contribution in [0.1, 0.15) is 15.9 Å². The Hall–Kier alpha value is -3.10. The number of hydrogen-bond donors (Lipinski definition) is 0. The van der Waals surface area contributed by atoms with E-state index in [2.05, 4.69) is 15.9 Å². The van der Waals surface area contributed by atoms with Crippen LogP contribution < -0.4 is 15.2 Å². The van der Waals surface area contributed by atoms with E-state index in [1.54, 1.807) is 25.2 Å². The lowest BCUT2D eigenvalue weighted by Gasteiger charge is -2.34. The number of carbonyl (C=O) groups is 1. The van der Waals surface area contributed by atoms with Crippen LogP contribution in [0.15, 0.2) is 45.6 Å². The van der Waals surface area contributed by atoms with Gasteiger partial charge in [-0.05, 0) is 35.9 Å². The number of ketones is 1. The van der Waals surface area contributed by atoms with Crippen molar-refractivity contribution in [3.63, 3.8) is 0 Å². The molecule has 0 bridgehead atoms. The third-order valence-electron chi connectivity index (χ3n) is 5.79. The second kappa shape index (κ2) is 7.62. The summed E-state index contributed by atoms with van der Waals surface area (Å²) in [5, 5.41) is 0. The zero-order valence-corrected chi connectivity index (χ0v) is 16.8. The first-order valence-corrected chi connectivity index (χ1v) is 10.0. The lowest BCUT2D eigenvalue weighted by Crippen LogP contribution is -2.47. The van der Waals surface area contributed by atoms with Gasteiger partial charge in [0.2, 0.25) is 6.79 Å². The summed E-state index contributed by atoms with van der Waals surface area (Å²) in [6.07, 6.45) is 0. The van der Waals surface area contributed by atoms with E-state index in [0.29, 0.717) is 23.2 Å². The van der Waals surface area contributed by atoms with Crippen LogP contribution >= 0.6 is 0 Å². The molecule has 3 aromatic rings. The van der Waals surface area contributed by atoms with Gasteiger partial charge in [0.1, 0.15) is 0 Å².